The van der Waals surface area contributed by atoms with Gasteiger partial charge in [-0.1, -0.05) is 54.6 Å². The zero-order chi connectivity index (χ0) is 20.4. The number of rotatable bonds is 4. The number of fused-ring (bicyclic) bond motifs is 1. The molecule has 1 aliphatic carbocycles. The third-order valence-electron chi connectivity index (χ3n) is 5.63. The van der Waals surface area contributed by atoms with Gasteiger partial charge in [-0.3, -0.25) is 9.59 Å². The van der Waals surface area contributed by atoms with Crippen LogP contribution in [0.25, 0.3) is 17.2 Å². The first-order chi connectivity index (χ1) is 14.0. The Bertz CT molecular complexity index is 1130. The van der Waals surface area contributed by atoms with Gasteiger partial charge in [0, 0.05) is 31.6 Å². The predicted octanol–water partition coefficient (Wildman–Crippen LogP) is 4.67. The van der Waals surface area contributed by atoms with Gasteiger partial charge in [-0.15, -0.1) is 0 Å². The minimum Gasteiger partial charge on any atom is -0.318 e. The van der Waals surface area contributed by atoms with Crippen LogP contribution in [0.3, 0.4) is 0 Å². The standard InChI is InChI=1S/C26H25NO2/c1-18-13-23(17-27(2)26(18)29)22-14-20(10-6-9-19-7-4-3-5-8-19)25-16-24(28)12-11-21(25)15-22/h3-9,13-15,17H,10-12,16H2,1-2H3/b9-6+. The highest BCUT2D eigenvalue weighted by Gasteiger charge is 2.20. The van der Waals surface area contributed by atoms with Gasteiger partial charge in [0.1, 0.15) is 5.78 Å². The lowest BCUT2D eigenvalue weighted by molar-refractivity contribution is -0.118. The van der Waals surface area contributed by atoms with E-state index in [0.29, 0.717) is 18.6 Å². The second-order valence-corrected chi connectivity index (χ2v) is 7.83. The van der Waals surface area contributed by atoms with Crippen LogP contribution in [0.4, 0.5) is 0 Å². The first-order valence-corrected chi connectivity index (χ1v) is 10.1. The van der Waals surface area contributed by atoms with Gasteiger partial charge in [-0.25, -0.2) is 0 Å². The lowest BCUT2D eigenvalue weighted by Gasteiger charge is -2.20. The van der Waals surface area contributed by atoms with Crippen LogP contribution in [-0.2, 0) is 31.1 Å². The number of hydrogen-bond acceptors (Lipinski definition) is 2. The zero-order valence-electron chi connectivity index (χ0n) is 16.9. The van der Waals surface area contributed by atoms with E-state index in [-0.39, 0.29) is 5.56 Å². The quantitative estimate of drug-likeness (QED) is 0.656. The van der Waals surface area contributed by atoms with E-state index in [0.717, 1.165) is 29.5 Å². The predicted molar refractivity (Wildman–Crippen MR) is 118 cm³/mol. The average Bonchev–Trinajstić information content (AvgIpc) is 2.72. The van der Waals surface area contributed by atoms with E-state index < -0.39 is 0 Å². The number of aromatic nitrogens is 1. The summed E-state index contributed by atoms with van der Waals surface area (Å²) in [5.41, 5.74) is 7.73. The minimum absolute atomic E-state index is 0.0309. The Kier molecular flexibility index (Phi) is 5.30. The number of ketones is 1. The summed E-state index contributed by atoms with van der Waals surface area (Å²) in [4.78, 5) is 24.2. The summed E-state index contributed by atoms with van der Waals surface area (Å²) in [6.45, 7) is 1.85. The highest BCUT2D eigenvalue weighted by molar-refractivity contribution is 5.84. The molecular formula is C26H25NO2. The Morgan fingerprint density at radius 1 is 1.00 bits per heavy atom. The van der Waals surface area contributed by atoms with Gasteiger partial charge in [0.05, 0.1) is 0 Å². The highest BCUT2D eigenvalue weighted by atomic mass is 16.1. The van der Waals surface area contributed by atoms with Gasteiger partial charge in [0.15, 0.2) is 0 Å². The zero-order valence-corrected chi connectivity index (χ0v) is 16.9. The molecule has 0 N–H and O–H groups in total. The monoisotopic (exact) mass is 383 g/mol. The van der Waals surface area contributed by atoms with Crippen molar-refractivity contribution in [2.75, 3.05) is 0 Å². The van der Waals surface area contributed by atoms with Gasteiger partial charge in [-0.2, -0.15) is 0 Å². The number of carbonyl (C=O) groups is 1. The maximum Gasteiger partial charge on any atom is 0.253 e. The van der Waals surface area contributed by atoms with Crippen molar-refractivity contribution in [3.63, 3.8) is 0 Å². The molecule has 1 heterocycles. The number of carbonyl (C=O) groups excluding carboxylic acids is 1. The van der Waals surface area contributed by atoms with Crippen molar-refractivity contribution in [3.8, 4) is 11.1 Å². The number of aryl methyl sites for hydroxylation is 3. The molecule has 0 saturated heterocycles. The van der Waals surface area contributed by atoms with E-state index in [4.69, 9.17) is 0 Å². The van der Waals surface area contributed by atoms with Gasteiger partial charge >= 0.3 is 0 Å². The first-order valence-electron chi connectivity index (χ1n) is 10.1. The number of hydrogen-bond donors (Lipinski definition) is 0. The fourth-order valence-electron chi connectivity index (χ4n) is 4.08. The summed E-state index contributed by atoms with van der Waals surface area (Å²) >= 11 is 0. The minimum atomic E-state index is 0.0309. The molecule has 0 fully saturated rings. The van der Waals surface area contributed by atoms with Crippen molar-refractivity contribution >= 4 is 11.9 Å². The molecule has 0 amide bonds. The van der Waals surface area contributed by atoms with Crippen LogP contribution in [0.1, 0.15) is 34.2 Å². The van der Waals surface area contributed by atoms with E-state index >= 15 is 0 Å². The number of pyridine rings is 1. The molecule has 146 valence electrons. The smallest absolute Gasteiger partial charge is 0.253 e. The molecule has 3 aromatic rings. The van der Waals surface area contributed by atoms with E-state index in [1.165, 1.54) is 22.3 Å². The number of nitrogens with zero attached hydrogens (tertiary/aromatic N) is 1. The summed E-state index contributed by atoms with van der Waals surface area (Å²) in [5, 5.41) is 0. The van der Waals surface area contributed by atoms with Gasteiger partial charge in [-0.05, 0) is 59.2 Å². The molecule has 2 aromatic carbocycles. The number of Topliss-reactive ketones (excluding diaryl/α,β-unsaturated/α-hetero) is 1. The Balaban J connectivity index is 1.75. The molecule has 0 atom stereocenters. The van der Waals surface area contributed by atoms with Crippen LogP contribution in [0.15, 0.2) is 65.6 Å². The molecule has 3 heteroatoms. The van der Waals surface area contributed by atoms with Crippen LogP contribution < -0.4 is 5.56 Å². The molecule has 1 aromatic heterocycles. The largest absolute Gasteiger partial charge is 0.318 e. The second-order valence-electron chi connectivity index (χ2n) is 7.83. The maximum absolute atomic E-state index is 12.1. The van der Waals surface area contributed by atoms with Crippen LogP contribution in [0.5, 0.6) is 0 Å². The van der Waals surface area contributed by atoms with Crippen LogP contribution >= 0.6 is 0 Å². The molecule has 3 nitrogen and oxygen atoms in total. The molecule has 0 aliphatic heterocycles. The molecular weight excluding hydrogens is 358 g/mol. The molecule has 0 saturated carbocycles. The Labute approximate surface area is 171 Å². The summed E-state index contributed by atoms with van der Waals surface area (Å²) < 4.78 is 1.64. The summed E-state index contributed by atoms with van der Waals surface area (Å²) in [6.07, 6.45) is 8.90. The maximum atomic E-state index is 12.1. The number of allylic oxidation sites excluding steroid dienone is 1. The Morgan fingerprint density at radius 2 is 1.79 bits per heavy atom. The van der Waals surface area contributed by atoms with Crippen molar-refractivity contribution in [2.24, 2.45) is 7.05 Å². The van der Waals surface area contributed by atoms with Crippen LogP contribution in [0, 0.1) is 6.92 Å². The fourth-order valence-corrected chi connectivity index (χ4v) is 4.08. The molecule has 0 bridgehead atoms. The van der Waals surface area contributed by atoms with Crippen molar-refractivity contribution in [1.82, 2.24) is 4.57 Å². The average molecular weight is 383 g/mol. The van der Waals surface area contributed by atoms with Crippen molar-refractivity contribution in [2.45, 2.75) is 32.6 Å². The van der Waals surface area contributed by atoms with E-state index in [9.17, 15) is 9.59 Å². The summed E-state index contributed by atoms with van der Waals surface area (Å²) in [7, 11) is 1.79. The summed E-state index contributed by atoms with van der Waals surface area (Å²) in [6, 6.07) is 16.6. The second kappa shape index (κ2) is 8.04. The van der Waals surface area contributed by atoms with Gasteiger partial charge < -0.3 is 4.57 Å². The molecule has 0 radical (unpaired) electrons. The molecule has 29 heavy (non-hydrogen) atoms. The lowest BCUT2D eigenvalue weighted by atomic mass is 9.84. The lowest BCUT2D eigenvalue weighted by Crippen LogP contribution is -2.18. The Hall–Kier alpha value is -3.20. The van der Waals surface area contributed by atoms with Crippen molar-refractivity contribution in [1.29, 1.82) is 0 Å². The van der Waals surface area contributed by atoms with Crippen LogP contribution in [0.2, 0.25) is 0 Å². The van der Waals surface area contributed by atoms with Crippen molar-refractivity contribution in [3.05, 3.63) is 99.0 Å². The van der Waals surface area contributed by atoms with Crippen molar-refractivity contribution < 1.29 is 4.79 Å². The van der Waals surface area contributed by atoms with Gasteiger partial charge in [0.2, 0.25) is 0 Å². The molecule has 4 rings (SSSR count). The third kappa shape index (κ3) is 4.14. The van der Waals surface area contributed by atoms with E-state index in [2.05, 4.69) is 36.4 Å². The first kappa shape index (κ1) is 19.1. The van der Waals surface area contributed by atoms with E-state index in [1.54, 1.807) is 11.6 Å². The Morgan fingerprint density at radius 3 is 2.55 bits per heavy atom. The topological polar surface area (TPSA) is 39.1 Å². The SMILES string of the molecule is Cc1cc(-c2cc(C/C=C/c3ccccc3)c3c(c2)CCC(=O)C3)cn(C)c1=O. The summed E-state index contributed by atoms with van der Waals surface area (Å²) in [5.74, 6) is 0.316. The van der Waals surface area contributed by atoms with Crippen LogP contribution in [-0.4, -0.2) is 10.4 Å². The molecule has 0 unspecified atom stereocenters. The molecule has 0 spiro atoms. The van der Waals surface area contributed by atoms with Gasteiger partial charge in [0.25, 0.3) is 5.56 Å². The molecule has 1 aliphatic rings. The highest BCUT2D eigenvalue weighted by Crippen LogP contribution is 2.30. The number of benzene rings is 2. The third-order valence-corrected chi connectivity index (χ3v) is 5.63. The van der Waals surface area contributed by atoms with E-state index in [1.807, 2.05) is 37.4 Å². The fraction of sp³-hybridized carbons (Fsp3) is 0.231. The normalized spacial score (nSPS) is 13.7.